The van der Waals surface area contributed by atoms with Crippen molar-refractivity contribution in [3.8, 4) is 22.8 Å². The van der Waals surface area contributed by atoms with Crippen LogP contribution in [0, 0.1) is 0 Å². The molecule has 8 nitrogen and oxygen atoms in total. The Morgan fingerprint density at radius 1 is 0.707 bits per heavy atom. The zero-order valence-corrected chi connectivity index (χ0v) is 20.9. The van der Waals surface area contributed by atoms with E-state index in [0.717, 1.165) is 24.3 Å². The van der Waals surface area contributed by atoms with Gasteiger partial charge in [0.05, 0.1) is 22.1 Å². The Morgan fingerprint density at radius 2 is 1.24 bits per heavy atom. The van der Waals surface area contributed by atoms with Gasteiger partial charge in [-0.2, -0.15) is 13.2 Å². The van der Waals surface area contributed by atoms with E-state index in [1.54, 1.807) is 0 Å². The van der Waals surface area contributed by atoms with Crippen molar-refractivity contribution in [2.45, 2.75) is 6.18 Å². The van der Waals surface area contributed by atoms with Gasteiger partial charge in [-0.3, -0.25) is 4.79 Å². The van der Waals surface area contributed by atoms with E-state index < -0.39 is 34.9 Å². The number of carbonyl (C=O) groups excluding carboxylic acids is 2. The molecule has 0 radical (unpaired) electrons. The Labute approximate surface area is 229 Å². The summed E-state index contributed by atoms with van der Waals surface area (Å²) in [5, 5.41) is -0.108. The van der Waals surface area contributed by atoms with Gasteiger partial charge in [0.1, 0.15) is 11.3 Å². The zero-order chi connectivity index (χ0) is 29.3. The van der Waals surface area contributed by atoms with Crippen molar-refractivity contribution in [2.24, 2.45) is 0 Å². The molecule has 5 rings (SSSR count). The number of nitrogens with two attached hydrogens (primary N) is 2. The summed E-state index contributed by atoms with van der Waals surface area (Å²) in [4.78, 5) is 39.1. The lowest BCUT2D eigenvalue weighted by Gasteiger charge is -2.12. The van der Waals surface area contributed by atoms with Crippen LogP contribution in [0.1, 0.15) is 26.3 Å². The normalized spacial score (nSPS) is 11.3. The first kappa shape index (κ1) is 27.0. The third kappa shape index (κ3) is 5.74. The van der Waals surface area contributed by atoms with E-state index in [-0.39, 0.29) is 39.2 Å². The predicted octanol–water partition coefficient (Wildman–Crippen LogP) is 6.08. The molecule has 0 bridgehead atoms. The molecule has 0 atom stereocenters. The number of hydrogen-bond donors (Lipinski definition) is 2. The maximum Gasteiger partial charge on any atom is 0.416 e. The lowest BCUT2D eigenvalue weighted by Crippen LogP contribution is -2.16. The fourth-order valence-electron chi connectivity index (χ4n) is 3.87. The van der Waals surface area contributed by atoms with Crippen molar-refractivity contribution < 1.29 is 36.7 Å². The van der Waals surface area contributed by atoms with Gasteiger partial charge in [-0.15, -0.1) is 0 Å². The molecule has 0 saturated carbocycles. The smallest absolute Gasteiger partial charge is 0.416 e. The summed E-state index contributed by atoms with van der Waals surface area (Å²) in [5.74, 6) is -2.50. The molecule has 0 amide bonds. The Bertz CT molecular complexity index is 1830. The number of carbonyl (C=O) groups is 2. The molecule has 206 valence electrons. The molecule has 0 aliphatic carbocycles. The number of rotatable bonds is 5. The summed E-state index contributed by atoms with van der Waals surface area (Å²) in [5.41, 5.74) is 10.7. The first-order chi connectivity index (χ1) is 19.5. The van der Waals surface area contributed by atoms with E-state index >= 15 is 0 Å². The Morgan fingerprint density at radius 3 is 1.78 bits per heavy atom. The average Bonchev–Trinajstić information content (AvgIpc) is 2.95. The number of halogens is 3. The first-order valence-electron chi connectivity index (χ1n) is 11.9. The molecule has 0 aliphatic heterocycles. The molecule has 0 aliphatic rings. The summed E-state index contributed by atoms with van der Waals surface area (Å²) < 4.78 is 56.0. The van der Waals surface area contributed by atoms with Crippen LogP contribution in [0.5, 0.6) is 11.5 Å². The number of nitrogen functional groups attached to an aromatic ring is 2. The van der Waals surface area contributed by atoms with Gasteiger partial charge >= 0.3 is 18.1 Å². The van der Waals surface area contributed by atoms with Crippen LogP contribution in [0.2, 0.25) is 0 Å². The number of hydrogen-bond acceptors (Lipinski definition) is 8. The highest BCUT2D eigenvalue weighted by atomic mass is 19.4. The fourth-order valence-corrected chi connectivity index (χ4v) is 3.87. The Balaban J connectivity index is 1.58. The van der Waals surface area contributed by atoms with Crippen molar-refractivity contribution in [1.29, 1.82) is 0 Å². The fraction of sp³-hybridized carbons (Fsp3) is 0.0333. The summed E-state index contributed by atoms with van der Waals surface area (Å²) >= 11 is 0. The van der Waals surface area contributed by atoms with Gasteiger partial charge in [-0.25, -0.2) is 9.59 Å². The summed E-state index contributed by atoms with van der Waals surface area (Å²) in [6.45, 7) is 0. The van der Waals surface area contributed by atoms with E-state index in [9.17, 15) is 27.6 Å². The first-order valence-corrected chi connectivity index (χ1v) is 11.9. The topological polar surface area (TPSA) is 135 Å². The van der Waals surface area contributed by atoms with Crippen LogP contribution in [0.25, 0.3) is 22.3 Å². The highest BCUT2D eigenvalue weighted by Crippen LogP contribution is 2.35. The molecule has 41 heavy (non-hydrogen) atoms. The number of ether oxygens (including phenoxy) is 2. The van der Waals surface area contributed by atoms with Crippen molar-refractivity contribution in [2.75, 3.05) is 11.5 Å². The third-order valence-corrected chi connectivity index (χ3v) is 5.99. The van der Waals surface area contributed by atoms with Crippen molar-refractivity contribution >= 4 is 34.3 Å². The zero-order valence-electron chi connectivity index (χ0n) is 20.9. The minimum absolute atomic E-state index is 0.00413. The van der Waals surface area contributed by atoms with Crippen LogP contribution >= 0.6 is 0 Å². The standard InChI is InChI=1S/C30H19F3N2O6/c31-30(32,33)19-7-1-16(2-8-19)26-27(41-29(38)18-5-11-21(35)12-6-18)25(36)23-15-22(13-14-24(23)40-26)39-28(37)17-3-9-20(34)10-4-17/h1-15H,34-35H2. The van der Waals surface area contributed by atoms with Gasteiger partial charge in [0.2, 0.25) is 11.2 Å². The van der Waals surface area contributed by atoms with Crippen molar-refractivity contribution in [3.05, 3.63) is 118 Å². The second-order valence-electron chi connectivity index (χ2n) is 8.85. The second-order valence-corrected chi connectivity index (χ2v) is 8.85. The number of fused-ring (bicyclic) bond motifs is 1. The van der Waals surface area contributed by atoms with E-state index in [2.05, 4.69) is 0 Å². The molecule has 4 N–H and O–H groups in total. The van der Waals surface area contributed by atoms with E-state index in [0.29, 0.717) is 11.4 Å². The van der Waals surface area contributed by atoms with Gasteiger partial charge in [-0.1, -0.05) is 12.1 Å². The predicted molar refractivity (Wildman–Crippen MR) is 145 cm³/mol. The van der Waals surface area contributed by atoms with Crippen molar-refractivity contribution in [3.63, 3.8) is 0 Å². The molecule has 4 aromatic carbocycles. The largest absolute Gasteiger partial charge is 0.452 e. The molecule has 11 heteroatoms. The van der Waals surface area contributed by atoms with Crippen LogP contribution < -0.4 is 26.4 Å². The number of esters is 2. The Kier molecular flexibility index (Phi) is 6.94. The molecule has 5 aromatic rings. The minimum Gasteiger partial charge on any atom is -0.452 e. The SMILES string of the molecule is Nc1ccc(C(=O)Oc2ccc3oc(-c4ccc(C(F)(F)F)cc4)c(OC(=O)c4ccc(N)cc4)c(=O)c3c2)cc1. The van der Waals surface area contributed by atoms with Crippen LogP contribution in [0.3, 0.4) is 0 Å². The monoisotopic (exact) mass is 560 g/mol. The van der Waals surface area contributed by atoms with Crippen molar-refractivity contribution in [1.82, 2.24) is 0 Å². The van der Waals surface area contributed by atoms with E-state index in [1.165, 1.54) is 66.7 Å². The number of alkyl halides is 3. The Hall–Kier alpha value is -5.58. The maximum absolute atomic E-state index is 13.6. The van der Waals surface area contributed by atoms with Gasteiger partial charge in [0, 0.05) is 16.9 Å². The molecule has 1 aromatic heterocycles. The summed E-state index contributed by atoms with van der Waals surface area (Å²) in [6, 6.07) is 19.4. The molecular weight excluding hydrogens is 541 g/mol. The van der Waals surface area contributed by atoms with Gasteiger partial charge in [0.25, 0.3) is 0 Å². The summed E-state index contributed by atoms with van der Waals surface area (Å²) in [7, 11) is 0. The molecule has 0 unspecified atom stereocenters. The molecule has 0 fully saturated rings. The average molecular weight is 560 g/mol. The second kappa shape index (κ2) is 10.5. The lowest BCUT2D eigenvalue weighted by molar-refractivity contribution is -0.137. The van der Waals surface area contributed by atoms with Gasteiger partial charge < -0.3 is 25.4 Å². The number of anilines is 2. The molecular formula is C30H19F3N2O6. The van der Waals surface area contributed by atoms with E-state index in [4.69, 9.17) is 25.4 Å². The maximum atomic E-state index is 13.6. The molecule has 0 spiro atoms. The highest BCUT2D eigenvalue weighted by molar-refractivity contribution is 5.94. The summed E-state index contributed by atoms with van der Waals surface area (Å²) in [6.07, 6.45) is -4.59. The quantitative estimate of drug-likeness (QED) is 0.150. The van der Waals surface area contributed by atoms with Crippen LogP contribution in [0.15, 0.2) is 100 Å². The molecule has 1 heterocycles. The lowest BCUT2D eigenvalue weighted by atomic mass is 10.1. The van der Waals surface area contributed by atoms with Crippen LogP contribution in [0.4, 0.5) is 24.5 Å². The minimum atomic E-state index is -4.59. The van der Waals surface area contributed by atoms with Crippen LogP contribution in [-0.2, 0) is 6.18 Å². The van der Waals surface area contributed by atoms with E-state index in [1.807, 2.05) is 0 Å². The van der Waals surface area contributed by atoms with Gasteiger partial charge in [-0.05, 0) is 78.9 Å². The molecule has 0 saturated heterocycles. The van der Waals surface area contributed by atoms with Gasteiger partial charge in [0.15, 0.2) is 5.76 Å². The highest BCUT2D eigenvalue weighted by Gasteiger charge is 2.30. The van der Waals surface area contributed by atoms with Crippen LogP contribution in [-0.4, -0.2) is 11.9 Å². The number of benzene rings is 4. The third-order valence-electron chi connectivity index (χ3n) is 5.99.